The van der Waals surface area contributed by atoms with Crippen LogP contribution in [0, 0.1) is 17.8 Å². The third kappa shape index (κ3) is 4.69. The number of ether oxygens (including phenoxy) is 1. The third-order valence-electron chi connectivity index (χ3n) is 7.31. The van der Waals surface area contributed by atoms with E-state index in [1.165, 1.54) is 0 Å². The van der Waals surface area contributed by atoms with Crippen molar-refractivity contribution in [2.45, 2.75) is 80.3 Å². The number of likely N-dealkylation sites (tertiary alicyclic amines) is 1. The first kappa shape index (κ1) is 27.5. The molecule has 0 aromatic heterocycles. The number of nitrogens with zero attached hydrogens (tertiary/aromatic N) is 2. The van der Waals surface area contributed by atoms with Crippen molar-refractivity contribution in [3.05, 3.63) is 12.7 Å². The molecule has 9 heteroatoms. The van der Waals surface area contributed by atoms with Crippen LogP contribution in [0.15, 0.2) is 12.7 Å². The smallest absolute Gasteiger partial charge is 0.310 e. The fourth-order valence-electron chi connectivity index (χ4n) is 6.04. The van der Waals surface area contributed by atoms with E-state index in [-0.39, 0.29) is 47.0 Å². The number of carbonyl (C=O) groups excluding carboxylic acids is 3. The second kappa shape index (κ2) is 11.3. The first-order valence-corrected chi connectivity index (χ1v) is 14.3. The molecule has 1 spiro atoms. The Hall–Kier alpha value is -1.06. The van der Waals surface area contributed by atoms with Crippen LogP contribution in [0.25, 0.3) is 0 Å². The average molecular weight is 560 g/mol. The Bertz CT molecular complexity index is 795. The van der Waals surface area contributed by atoms with Gasteiger partial charge < -0.3 is 19.6 Å². The van der Waals surface area contributed by atoms with Crippen LogP contribution in [-0.2, 0) is 19.1 Å². The van der Waals surface area contributed by atoms with Gasteiger partial charge in [0.25, 0.3) is 0 Å². The van der Waals surface area contributed by atoms with Crippen molar-refractivity contribution in [3.63, 3.8) is 0 Å². The standard InChI is InChI=1S/C25H39BrN2O5S/c1-6-9-11-27(10-7-2)23(31)21-25-13-17(26)20(34-25)18(24(32)33-8-3)19(25)22(30)28(21)16(14-29)12-15(4)5/h7,15-21,29H,2,6,8-14H2,1,3-5H3/t16-,17?,18+,19+,20+,21?,25?/m1/s1. The number of carbonyl (C=O) groups is 3. The van der Waals surface area contributed by atoms with Crippen LogP contribution in [-0.4, -0.2) is 85.9 Å². The van der Waals surface area contributed by atoms with Gasteiger partial charge in [0.2, 0.25) is 11.8 Å². The highest BCUT2D eigenvalue weighted by Crippen LogP contribution is 2.68. The molecule has 0 radical (unpaired) electrons. The number of rotatable bonds is 12. The number of amides is 2. The Morgan fingerprint density at radius 2 is 2.12 bits per heavy atom. The van der Waals surface area contributed by atoms with Gasteiger partial charge in [-0.25, -0.2) is 0 Å². The monoisotopic (exact) mass is 558 g/mol. The van der Waals surface area contributed by atoms with Crippen LogP contribution in [0.4, 0.5) is 0 Å². The number of alkyl halides is 1. The number of aliphatic hydroxyl groups is 1. The van der Waals surface area contributed by atoms with E-state index in [1.807, 2.05) is 13.8 Å². The third-order valence-corrected chi connectivity index (χ3v) is 10.5. The molecule has 3 rings (SSSR count). The lowest BCUT2D eigenvalue weighted by Gasteiger charge is -2.40. The zero-order valence-corrected chi connectivity index (χ0v) is 23.1. The molecule has 2 bridgehead atoms. The maximum Gasteiger partial charge on any atom is 0.310 e. The average Bonchev–Trinajstić information content (AvgIpc) is 3.38. The second-order valence-electron chi connectivity index (χ2n) is 10.1. The van der Waals surface area contributed by atoms with Crippen molar-refractivity contribution < 1.29 is 24.2 Å². The molecular weight excluding hydrogens is 520 g/mol. The molecule has 7 nitrogen and oxygen atoms in total. The SMILES string of the molecule is C=CCN(CCCC)C(=O)C1N([C@@H](CO)CC(C)C)C(=O)[C@@H]2[C@H](C(=O)OCC)[C@H]3SC12CC3Br. The predicted molar refractivity (Wildman–Crippen MR) is 138 cm³/mol. The quantitative estimate of drug-likeness (QED) is 0.225. The minimum Gasteiger partial charge on any atom is -0.466 e. The summed E-state index contributed by atoms with van der Waals surface area (Å²) < 4.78 is 4.68. The molecule has 0 aliphatic carbocycles. The van der Waals surface area contributed by atoms with Gasteiger partial charge in [0.15, 0.2) is 0 Å². The highest BCUT2D eigenvalue weighted by atomic mass is 79.9. The molecule has 2 amide bonds. The van der Waals surface area contributed by atoms with E-state index in [0.717, 1.165) is 12.8 Å². The molecule has 7 atom stereocenters. The predicted octanol–water partition coefficient (Wildman–Crippen LogP) is 3.24. The molecule has 34 heavy (non-hydrogen) atoms. The van der Waals surface area contributed by atoms with Gasteiger partial charge in [0.1, 0.15) is 6.04 Å². The molecule has 0 saturated carbocycles. The summed E-state index contributed by atoms with van der Waals surface area (Å²) >= 11 is 5.36. The summed E-state index contributed by atoms with van der Waals surface area (Å²) in [6, 6.07) is -1.21. The summed E-state index contributed by atoms with van der Waals surface area (Å²) in [7, 11) is 0. The van der Waals surface area contributed by atoms with Crippen molar-refractivity contribution in [1.82, 2.24) is 9.80 Å². The maximum atomic E-state index is 14.2. The lowest BCUT2D eigenvalue weighted by Crippen LogP contribution is -2.58. The number of halogens is 1. The molecular formula is C25H39BrN2O5S. The van der Waals surface area contributed by atoms with Crippen molar-refractivity contribution in [1.29, 1.82) is 0 Å². The van der Waals surface area contributed by atoms with Gasteiger partial charge >= 0.3 is 5.97 Å². The fourth-order valence-corrected chi connectivity index (χ4v) is 9.62. The van der Waals surface area contributed by atoms with Crippen molar-refractivity contribution in [2.75, 3.05) is 26.3 Å². The van der Waals surface area contributed by atoms with E-state index in [9.17, 15) is 19.5 Å². The topological polar surface area (TPSA) is 87.2 Å². The van der Waals surface area contributed by atoms with E-state index < -0.39 is 28.7 Å². The zero-order valence-electron chi connectivity index (χ0n) is 20.7. The van der Waals surface area contributed by atoms with Gasteiger partial charge in [0.05, 0.1) is 35.8 Å². The maximum absolute atomic E-state index is 14.2. The Morgan fingerprint density at radius 3 is 2.68 bits per heavy atom. The first-order chi connectivity index (χ1) is 16.2. The lowest BCUT2D eigenvalue weighted by molar-refractivity contribution is -0.154. The minimum atomic E-state index is -0.729. The molecule has 3 heterocycles. The van der Waals surface area contributed by atoms with Crippen molar-refractivity contribution in [3.8, 4) is 0 Å². The molecule has 0 aromatic rings. The Morgan fingerprint density at radius 1 is 1.41 bits per heavy atom. The van der Waals surface area contributed by atoms with Gasteiger partial charge in [-0.05, 0) is 32.1 Å². The van der Waals surface area contributed by atoms with Gasteiger partial charge in [-0.3, -0.25) is 14.4 Å². The Balaban J connectivity index is 2.10. The normalized spacial score (nSPS) is 32.7. The number of fused-ring (bicyclic) bond motifs is 1. The molecule has 192 valence electrons. The van der Waals surface area contributed by atoms with E-state index in [4.69, 9.17) is 4.74 Å². The summed E-state index contributed by atoms with van der Waals surface area (Å²) in [6.45, 7) is 12.8. The number of aliphatic hydroxyl groups excluding tert-OH is 1. The van der Waals surface area contributed by atoms with E-state index >= 15 is 0 Å². The van der Waals surface area contributed by atoms with Gasteiger partial charge in [-0.2, -0.15) is 0 Å². The van der Waals surface area contributed by atoms with Crippen LogP contribution in [0.1, 0.15) is 53.4 Å². The summed E-state index contributed by atoms with van der Waals surface area (Å²) in [5.41, 5.74) is 0. The van der Waals surface area contributed by atoms with Crippen LogP contribution in [0.3, 0.4) is 0 Å². The zero-order chi connectivity index (χ0) is 25.2. The second-order valence-corrected chi connectivity index (χ2v) is 12.8. The van der Waals surface area contributed by atoms with Gasteiger partial charge in [-0.15, -0.1) is 18.3 Å². The minimum absolute atomic E-state index is 0.00683. The number of hydrogen-bond acceptors (Lipinski definition) is 6. The summed E-state index contributed by atoms with van der Waals surface area (Å²) in [5.74, 6) is -1.66. The summed E-state index contributed by atoms with van der Waals surface area (Å²) in [5, 5.41) is 10.2. The molecule has 3 unspecified atom stereocenters. The molecule has 1 N–H and O–H groups in total. The highest BCUT2D eigenvalue weighted by molar-refractivity contribution is 9.09. The molecule has 3 fully saturated rings. The Kier molecular flexibility index (Phi) is 9.18. The highest BCUT2D eigenvalue weighted by Gasteiger charge is 2.76. The summed E-state index contributed by atoms with van der Waals surface area (Å²) in [4.78, 5) is 44.8. The number of unbranched alkanes of at least 4 members (excludes halogenated alkanes) is 1. The van der Waals surface area contributed by atoms with E-state index in [1.54, 1.807) is 34.6 Å². The van der Waals surface area contributed by atoms with Crippen LogP contribution >= 0.6 is 27.7 Å². The fraction of sp³-hybridized carbons (Fsp3) is 0.800. The van der Waals surface area contributed by atoms with Crippen molar-refractivity contribution in [2.24, 2.45) is 17.8 Å². The van der Waals surface area contributed by atoms with E-state index in [2.05, 4.69) is 29.4 Å². The van der Waals surface area contributed by atoms with Gasteiger partial charge in [-0.1, -0.05) is 49.2 Å². The number of thioether (sulfide) groups is 1. The molecule has 0 aromatic carbocycles. The largest absolute Gasteiger partial charge is 0.466 e. The molecule has 3 saturated heterocycles. The Labute approximate surface area is 216 Å². The van der Waals surface area contributed by atoms with Crippen LogP contribution in [0.5, 0.6) is 0 Å². The first-order valence-electron chi connectivity index (χ1n) is 12.5. The van der Waals surface area contributed by atoms with E-state index in [0.29, 0.717) is 25.9 Å². The van der Waals surface area contributed by atoms with Crippen LogP contribution in [0.2, 0.25) is 0 Å². The van der Waals surface area contributed by atoms with Gasteiger partial charge in [0, 0.05) is 23.2 Å². The number of hydrogen-bond donors (Lipinski definition) is 1. The van der Waals surface area contributed by atoms with Crippen molar-refractivity contribution >= 4 is 45.5 Å². The lowest BCUT2D eigenvalue weighted by atomic mass is 9.71. The molecule has 3 aliphatic rings. The van der Waals surface area contributed by atoms with Crippen LogP contribution < -0.4 is 0 Å². The number of esters is 1. The summed E-state index contributed by atoms with van der Waals surface area (Å²) in [6.07, 6.45) is 4.72. The molecule has 3 aliphatic heterocycles.